The summed E-state index contributed by atoms with van der Waals surface area (Å²) in [6.07, 6.45) is 0.688. The van der Waals surface area contributed by atoms with E-state index in [1.54, 1.807) is 24.1 Å². The smallest absolute Gasteiger partial charge is 0.345 e. The molecule has 0 aliphatic carbocycles. The van der Waals surface area contributed by atoms with Crippen molar-refractivity contribution in [2.45, 2.75) is 19.4 Å². The molecule has 0 saturated carbocycles. The molecule has 2 aromatic carbocycles. The summed E-state index contributed by atoms with van der Waals surface area (Å²) in [7, 11) is 0. The Hall–Kier alpha value is -3.39. The molecule has 150 valence electrons. The Balaban J connectivity index is 0.000000343. The number of nitrogens with two attached hydrogens (primary N) is 1. The number of nitrogens with one attached hydrogen (secondary N) is 1. The van der Waals surface area contributed by atoms with E-state index in [2.05, 4.69) is 15.3 Å². The van der Waals surface area contributed by atoms with Crippen LogP contribution in [0.5, 0.6) is 0 Å². The summed E-state index contributed by atoms with van der Waals surface area (Å²) in [5.41, 5.74) is 6.60. The molecule has 0 saturated heterocycles. The van der Waals surface area contributed by atoms with E-state index in [9.17, 15) is 9.59 Å². The maximum atomic E-state index is 11.9. The molecule has 29 heavy (non-hydrogen) atoms. The van der Waals surface area contributed by atoms with Crippen molar-refractivity contribution in [3.63, 3.8) is 0 Å². The van der Waals surface area contributed by atoms with Gasteiger partial charge in [0, 0.05) is 11.4 Å². The second kappa shape index (κ2) is 9.20. The number of anilines is 1. The van der Waals surface area contributed by atoms with E-state index in [0.29, 0.717) is 18.0 Å². The number of benzene rings is 2. The highest BCUT2D eigenvalue weighted by Gasteiger charge is 2.26. The third-order valence-corrected chi connectivity index (χ3v) is 4.61. The maximum Gasteiger partial charge on any atom is 0.345 e. The predicted octanol–water partition coefficient (Wildman–Crippen LogP) is 2.57. The summed E-state index contributed by atoms with van der Waals surface area (Å²) in [5.74, 6) is -0.346. The fraction of sp³-hybridized carbons (Fsp3) is 0.200. The summed E-state index contributed by atoms with van der Waals surface area (Å²) in [5, 5.41) is 13.0. The molecule has 0 spiro atoms. The molecule has 2 heterocycles. The molecule has 3 N–H and O–H groups in total. The predicted molar refractivity (Wildman–Crippen MR) is 113 cm³/mol. The number of hydrogen-bond acceptors (Lipinski definition) is 5. The van der Waals surface area contributed by atoms with Crippen molar-refractivity contribution in [1.29, 1.82) is 0 Å². The Bertz CT molecular complexity index is 1020. The second-order valence-corrected chi connectivity index (χ2v) is 6.79. The van der Waals surface area contributed by atoms with Gasteiger partial charge in [-0.1, -0.05) is 60.1 Å². The normalized spacial score (nSPS) is 14.0. The number of hydrogen-bond donors (Lipinski definition) is 2. The Kier molecular flexibility index (Phi) is 6.46. The fourth-order valence-corrected chi connectivity index (χ4v) is 2.91. The maximum absolute atomic E-state index is 11.9. The summed E-state index contributed by atoms with van der Waals surface area (Å²) in [4.78, 5) is 23.3. The quantitative estimate of drug-likeness (QED) is 0.686. The van der Waals surface area contributed by atoms with E-state index in [4.69, 9.17) is 17.3 Å². The van der Waals surface area contributed by atoms with Crippen molar-refractivity contribution in [3.8, 4) is 0 Å². The van der Waals surface area contributed by atoms with Gasteiger partial charge >= 0.3 is 5.69 Å². The molecule has 0 radical (unpaired) electrons. The van der Waals surface area contributed by atoms with Gasteiger partial charge in [0.05, 0.1) is 12.3 Å². The van der Waals surface area contributed by atoms with Gasteiger partial charge in [-0.05, 0) is 24.6 Å². The molecule has 1 aromatic heterocycles. The first-order chi connectivity index (χ1) is 14.0. The first kappa shape index (κ1) is 20.3. The van der Waals surface area contributed by atoms with Crippen LogP contribution >= 0.6 is 11.6 Å². The van der Waals surface area contributed by atoms with Crippen LogP contribution in [0.1, 0.15) is 24.9 Å². The van der Waals surface area contributed by atoms with E-state index in [1.807, 2.05) is 48.5 Å². The SMILES string of the molecule is CC(C(N)=O)n1c(N2CCC(c3ccc(Cl)cc3)=N2)n[nH]c1=O.c1ccccc1. The van der Waals surface area contributed by atoms with Gasteiger partial charge in [-0.15, -0.1) is 5.10 Å². The average Bonchev–Trinajstić information content (AvgIpc) is 3.36. The van der Waals surface area contributed by atoms with Crippen molar-refractivity contribution >= 4 is 29.2 Å². The van der Waals surface area contributed by atoms with Crippen LogP contribution in [-0.2, 0) is 4.79 Å². The number of aromatic nitrogens is 3. The third kappa shape index (κ3) is 4.91. The van der Waals surface area contributed by atoms with Crippen molar-refractivity contribution in [1.82, 2.24) is 14.8 Å². The lowest BCUT2D eigenvalue weighted by molar-refractivity contribution is -0.120. The summed E-state index contributed by atoms with van der Waals surface area (Å²) in [6, 6.07) is 18.5. The molecule has 8 nitrogen and oxygen atoms in total. The third-order valence-electron chi connectivity index (χ3n) is 4.36. The molecule has 3 aromatic rings. The van der Waals surface area contributed by atoms with Crippen LogP contribution in [0, 0.1) is 0 Å². The lowest BCUT2D eigenvalue weighted by atomic mass is 10.1. The van der Waals surface area contributed by atoms with E-state index in [-0.39, 0.29) is 5.95 Å². The highest BCUT2D eigenvalue weighted by atomic mass is 35.5. The second-order valence-electron chi connectivity index (χ2n) is 6.36. The van der Waals surface area contributed by atoms with Crippen molar-refractivity contribution in [3.05, 3.63) is 81.7 Å². The largest absolute Gasteiger partial charge is 0.368 e. The first-order valence-corrected chi connectivity index (χ1v) is 9.42. The van der Waals surface area contributed by atoms with Crippen LogP contribution in [0.3, 0.4) is 0 Å². The first-order valence-electron chi connectivity index (χ1n) is 9.04. The topological polar surface area (TPSA) is 109 Å². The van der Waals surface area contributed by atoms with Gasteiger partial charge in [-0.25, -0.2) is 19.5 Å². The lowest BCUT2D eigenvalue weighted by Crippen LogP contribution is -2.33. The fourth-order valence-electron chi connectivity index (χ4n) is 2.79. The molecule has 0 bridgehead atoms. The molecular weight excluding hydrogens is 392 g/mol. The Labute approximate surface area is 172 Å². The van der Waals surface area contributed by atoms with Gasteiger partial charge in [0.1, 0.15) is 6.04 Å². The minimum Gasteiger partial charge on any atom is -0.368 e. The van der Waals surface area contributed by atoms with Crippen molar-refractivity contribution in [2.75, 3.05) is 11.6 Å². The molecular formula is C20H21ClN6O2. The van der Waals surface area contributed by atoms with E-state index >= 15 is 0 Å². The summed E-state index contributed by atoms with van der Waals surface area (Å²) in [6.45, 7) is 2.09. The highest BCUT2D eigenvalue weighted by molar-refractivity contribution is 6.30. The van der Waals surface area contributed by atoms with Crippen molar-refractivity contribution in [2.24, 2.45) is 10.8 Å². The zero-order chi connectivity index (χ0) is 20.8. The van der Waals surface area contributed by atoms with Crippen LogP contribution < -0.4 is 16.4 Å². The molecule has 1 amide bonds. The number of amides is 1. The molecule has 1 aliphatic rings. The van der Waals surface area contributed by atoms with Crippen LogP contribution in [0.25, 0.3) is 0 Å². The lowest BCUT2D eigenvalue weighted by Gasteiger charge is -2.16. The number of primary amides is 1. The average molecular weight is 413 g/mol. The molecule has 4 rings (SSSR count). The van der Waals surface area contributed by atoms with Crippen LogP contribution in [0.4, 0.5) is 5.95 Å². The standard InChI is InChI=1S/C14H15ClN6O2.C6H6/c1-8(12(16)22)21-13(17-18-14(21)23)20-7-6-11(19-20)9-2-4-10(15)5-3-9;1-2-4-6-5-3-1/h2-5,8H,6-7H2,1H3,(H2,16,22)(H,18,23);1-6H. The monoisotopic (exact) mass is 412 g/mol. The van der Waals surface area contributed by atoms with Crippen molar-refractivity contribution < 1.29 is 4.79 Å². The summed E-state index contributed by atoms with van der Waals surface area (Å²) < 4.78 is 1.20. The summed E-state index contributed by atoms with van der Waals surface area (Å²) >= 11 is 5.88. The van der Waals surface area contributed by atoms with E-state index in [0.717, 1.165) is 11.3 Å². The molecule has 0 fully saturated rings. The molecule has 9 heteroatoms. The van der Waals surface area contributed by atoms with E-state index < -0.39 is 17.6 Å². The van der Waals surface area contributed by atoms with Gasteiger partial charge < -0.3 is 5.73 Å². The van der Waals surface area contributed by atoms with Gasteiger partial charge in [-0.3, -0.25) is 4.79 Å². The van der Waals surface area contributed by atoms with Gasteiger partial charge in [0.2, 0.25) is 11.9 Å². The number of H-pyrrole nitrogens is 1. The number of aromatic amines is 1. The molecule has 1 atom stereocenters. The zero-order valence-electron chi connectivity index (χ0n) is 15.8. The zero-order valence-corrected chi connectivity index (χ0v) is 16.6. The number of carbonyl (C=O) groups excluding carboxylic acids is 1. The molecule has 1 unspecified atom stereocenters. The molecule has 1 aliphatic heterocycles. The van der Waals surface area contributed by atoms with Crippen LogP contribution in [0.2, 0.25) is 5.02 Å². The number of hydrazone groups is 1. The van der Waals surface area contributed by atoms with Crippen LogP contribution in [-0.4, -0.2) is 32.9 Å². The minimum absolute atomic E-state index is 0.269. The van der Waals surface area contributed by atoms with E-state index in [1.165, 1.54) is 4.57 Å². The Morgan fingerprint density at radius 2 is 1.72 bits per heavy atom. The van der Waals surface area contributed by atoms with Gasteiger partial charge in [0.15, 0.2) is 0 Å². The highest BCUT2D eigenvalue weighted by Crippen LogP contribution is 2.21. The number of nitrogens with zero attached hydrogens (tertiary/aromatic N) is 4. The minimum atomic E-state index is -0.814. The van der Waals surface area contributed by atoms with Gasteiger partial charge in [0.25, 0.3) is 0 Å². The van der Waals surface area contributed by atoms with Gasteiger partial charge in [-0.2, -0.15) is 5.10 Å². The number of carbonyl (C=O) groups is 1. The number of halogens is 1. The Morgan fingerprint density at radius 3 is 2.28 bits per heavy atom. The van der Waals surface area contributed by atoms with Crippen LogP contribution in [0.15, 0.2) is 70.6 Å². The Morgan fingerprint density at radius 1 is 1.14 bits per heavy atom. The number of rotatable bonds is 4.